The van der Waals surface area contributed by atoms with Crippen molar-refractivity contribution in [1.82, 2.24) is 15.6 Å². The Kier molecular flexibility index (Phi) is 9.19. The summed E-state index contributed by atoms with van der Waals surface area (Å²) in [5, 5.41) is 9.70. The van der Waals surface area contributed by atoms with Gasteiger partial charge in [-0.2, -0.15) is 0 Å². The van der Waals surface area contributed by atoms with Crippen molar-refractivity contribution in [3.63, 3.8) is 0 Å². The summed E-state index contributed by atoms with van der Waals surface area (Å²) in [5.74, 6) is -0.722. The molecule has 1 aromatic heterocycles. The summed E-state index contributed by atoms with van der Waals surface area (Å²) in [6, 6.07) is 22.7. The van der Waals surface area contributed by atoms with Gasteiger partial charge in [-0.05, 0) is 75.1 Å². The summed E-state index contributed by atoms with van der Waals surface area (Å²) in [6.45, 7) is 6.43. The number of hydrogen-bond donors (Lipinski definition) is 4. The summed E-state index contributed by atoms with van der Waals surface area (Å²) >= 11 is 0. The van der Waals surface area contributed by atoms with E-state index >= 15 is 0 Å². The van der Waals surface area contributed by atoms with Gasteiger partial charge in [-0.25, -0.2) is 4.79 Å². The fraction of sp³-hybridized carbons (Fsp3) is 0.250. The van der Waals surface area contributed by atoms with Crippen LogP contribution in [0.4, 0.5) is 16.2 Å². The minimum absolute atomic E-state index is 0.160. The molecule has 9 nitrogen and oxygen atoms in total. The maximum atomic E-state index is 12.6. The topological polar surface area (TPSA) is 135 Å². The quantitative estimate of drug-likeness (QED) is 0.184. The number of ether oxygens (including phenoxy) is 1. The molecule has 3 aromatic carbocycles. The van der Waals surface area contributed by atoms with Gasteiger partial charge in [-0.3, -0.25) is 14.6 Å². The third kappa shape index (κ3) is 8.04. The van der Waals surface area contributed by atoms with Crippen LogP contribution >= 0.6 is 0 Å². The molecule has 9 heteroatoms. The molecule has 0 aliphatic carbocycles. The maximum absolute atomic E-state index is 12.6. The van der Waals surface area contributed by atoms with E-state index in [1.807, 2.05) is 81.4 Å². The van der Waals surface area contributed by atoms with E-state index in [9.17, 15) is 14.4 Å². The second-order valence-corrected chi connectivity index (χ2v) is 10.6. The van der Waals surface area contributed by atoms with Crippen molar-refractivity contribution in [1.29, 1.82) is 0 Å². The summed E-state index contributed by atoms with van der Waals surface area (Å²) < 4.78 is 5.20. The maximum Gasteiger partial charge on any atom is 0.407 e. The highest BCUT2D eigenvalue weighted by Crippen LogP contribution is 2.32. The van der Waals surface area contributed by atoms with Gasteiger partial charge >= 0.3 is 6.09 Å². The number of primary amides is 1. The van der Waals surface area contributed by atoms with Crippen molar-refractivity contribution in [2.75, 3.05) is 18.4 Å². The lowest BCUT2D eigenvalue weighted by Crippen LogP contribution is -2.33. The number of carbonyl (C=O) groups excluding carboxylic acids is 3. The van der Waals surface area contributed by atoms with Gasteiger partial charge in [-0.1, -0.05) is 42.5 Å². The number of alkyl carbamates (subject to hydrolysis) is 1. The third-order valence-corrected chi connectivity index (χ3v) is 6.22. The Balaban J connectivity index is 1.37. The molecule has 41 heavy (non-hydrogen) atoms. The Morgan fingerprint density at radius 1 is 0.854 bits per heavy atom. The molecular formula is C32H35N5O4. The van der Waals surface area contributed by atoms with Gasteiger partial charge in [0, 0.05) is 35.9 Å². The van der Waals surface area contributed by atoms with Gasteiger partial charge in [0.1, 0.15) is 5.60 Å². The van der Waals surface area contributed by atoms with Crippen LogP contribution in [-0.2, 0) is 4.74 Å². The second kappa shape index (κ2) is 13.0. The number of aromatic nitrogens is 1. The number of fused-ring (bicyclic) bond motifs is 1. The number of unbranched alkanes of at least 4 members (excludes halogenated alkanes) is 1. The average molecular weight is 554 g/mol. The van der Waals surface area contributed by atoms with E-state index in [4.69, 9.17) is 10.5 Å². The summed E-state index contributed by atoms with van der Waals surface area (Å²) in [7, 11) is 0. The van der Waals surface area contributed by atoms with Crippen molar-refractivity contribution < 1.29 is 19.1 Å². The van der Waals surface area contributed by atoms with E-state index in [-0.39, 0.29) is 5.91 Å². The first-order valence-electron chi connectivity index (χ1n) is 13.5. The Morgan fingerprint density at radius 3 is 2.17 bits per heavy atom. The van der Waals surface area contributed by atoms with E-state index in [0.29, 0.717) is 35.4 Å². The summed E-state index contributed by atoms with van der Waals surface area (Å²) in [5.41, 5.74) is 9.95. The molecular weight excluding hydrogens is 518 g/mol. The van der Waals surface area contributed by atoms with Crippen molar-refractivity contribution in [2.45, 2.75) is 39.2 Å². The smallest absolute Gasteiger partial charge is 0.407 e. The van der Waals surface area contributed by atoms with E-state index in [1.54, 1.807) is 12.1 Å². The number of pyridine rings is 1. The van der Waals surface area contributed by atoms with Gasteiger partial charge in [-0.15, -0.1) is 0 Å². The second-order valence-electron chi connectivity index (χ2n) is 10.6. The fourth-order valence-corrected chi connectivity index (χ4v) is 4.23. The molecule has 0 radical (unpaired) electrons. The fourth-order valence-electron chi connectivity index (χ4n) is 4.23. The Labute approximate surface area is 239 Å². The molecule has 0 unspecified atom stereocenters. The number of carbonyl (C=O) groups is 3. The first-order valence-corrected chi connectivity index (χ1v) is 13.5. The van der Waals surface area contributed by atoms with Crippen LogP contribution in [0.15, 0.2) is 79.0 Å². The average Bonchev–Trinajstić information content (AvgIpc) is 2.94. The van der Waals surface area contributed by atoms with Gasteiger partial charge in [0.15, 0.2) is 0 Å². The highest BCUT2D eigenvalue weighted by Gasteiger charge is 2.16. The molecule has 0 bridgehead atoms. The minimum Gasteiger partial charge on any atom is -0.444 e. The lowest BCUT2D eigenvalue weighted by molar-refractivity contribution is 0.0526. The van der Waals surface area contributed by atoms with Crippen LogP contribution in [0.5, 0.6) is 0 Å². The Bertz CT molecular complexity index is 1530. The third-order valence-electron chi connectivity index (χ3n) is 6.22. The zero-order valence-electron chi connectivity index (χ0n) is 23.5. The standard InChI is InChI=1S/C32H35N5O4/c1-32(2,3)41-31(40)35-18-8-7-17-34-30(39)22-13-11-21(12-14-22)23-15-16-25-27(19-23)36-20-26(29(33)38)28(25)37-24-9-5-4-6-10-24/h4-6,9-16,19-20H,7-8,17-18H2,1-3H3,(H2,33,38)(H,34,39)(H,35,40)(H,36,37). The number of anilines is 2. The van der Waals surface area contributed by atoms with Crippen LogP contribution in [0.2, 0.25) is 0 Å². The lowest BCUT2D eigenvalue weighted by Gasteiger charge is -2.19. The number of para-hydroxylation sites is 1. The van der Waals surface area contributed by atoms with Crippen molar-refractivity contribution >= 4 is 40.2 Å². The lowest BCUT2D eigenvalue weighted by atomic mass is 10.0. The van der Waals surface area contributed by atoms with E-state index in [2.05, 4.69) is 20.9 Å². The molecule has 4 rings (SSSR count). The largest absolute Gasteiger partial charge is 0.444 e. The zero-order valence-corrected chi connectivity index (χ0v) is 23.5. The Morgan fingerprint density at radius 2 is 1.51 bits per heavy atom. The van der Waals surface area contributed by atoms with Gasteiger partial charge in [0.2, 0.25) is 0 Å². The molecule has 0 spiro atoms. The Hall–Kier alpha value is -4.92. The number of hydrogen-bond acceptors (Lipinski definition) is 6. The molecule has 212 valence electrons. The first kappa shape index (κ1) is 29.1. The number of amides is 3. The summed E-state index contributed by atoms with van der Waals surface area (Å²) in [6.07, 6.45) is 2.49. The van der Waals surface area contributed by atoms with Gasteiger partial charge in [0.05, 0.1) is 16.8 Å². The molecule has 1 heterocycles. The molecule has 3 amide bonds. The predicted molar refractivity (Wildman–Crippen MR) is 161 cm³/mol. The van der Waals surface area contributed by atoms with Crippen LogP contribution < -0.4 is 21.7 Å². The van der Waals surface area contributed by atoms with E-state index in [1.165, 1.54) is 6.20 Å². The van der Waals surface area contributed by atoms with Crippen LogP contribution in [0, 0.1) is 0 Å². The zero-order chi connectivity index (χ0) is 29.4. The molecule has 0 fully saturated rings. The number of nitrogens with two attached hydrogens (primary N) is 1. The van der Waals surface area contributed by atoms with Crippen molar-refractivity contribution in [2.24, 2.45) is 5.73 Å². The van der Waals surface area contributed by atoms with Crippen LogP contribution in [-0.4, -0.2) is 41.6 Å². The predicted octanol–water partition coefficient (Wildman–Crippen LogP) is 5.78. The number of nitrogens with zero attached hydrogens (tertiary/aromatic N) is 1. The molecule has 0 saturated carbocycles. The minimum atomic E-state index is -0.562. The number of benzene rings is 3. The van der Waals surface area contributed by atoms with Crippen LogP contribution in [0.25, 0.3) is 22.0 Å². The molecule has 0 aliphatic heterocycles. The van der Waals surface area contributed by atoms with E-state index < -0.39 is 17.6 Å². The first-order chi connectivity index (χ1) is 19.6. The molecule has 0 atom stereocenters. The van der Waals surface area contributed by atoms with E-state index in [0.717, 1.165) is 35.0 Å². The normalized spacial score (nSPS) is 11.1. The van der Waals surface area contributed by atoms with Gasteiger partial charge in [0.25, 0.3) is 11.8 Å². The summed E-state index contributed by atoms with van der Waals surface area (Å²) in [4.78, 5) is 40.8. The SMILES string of the molecule is CC(C)(C)OC(=O)NCCCCNC(=O)c1ccc(-c2ccc3c(Nc4ccccc4)c(C(N)=O)cnc3c2)cc1. The van der Waals surface area contributed by atoms with Crippen molar-refractivity contribution in [3.8, 4) is 11.1 Å². The highest BCUT2D eigenvalue weighted by molar-refractivity contribution is 6.08. The molecule has 4 aromatic rings. The van der Waals surface area contributed by atoms with Crippen LogP contribution in [0.3, 0.4) is 0 Å². The number of nitrogens with one attached hydrogen (secondary N) is 3. The van der Waals surface area contributed by atoms with Gasteiger partial charge < -0.3 is 26.4 Å². The molecule has 0 aliphatic rings. The van der Waals surface area contributed by atoms with Crippen LogP contribution in [0.1, 0.15) is 54.3 Å². The highest BCUT2D eigenvalue weighted by atomic mass is 16.6. The molecule has 0 saturated heterocycles. The number of rotatable bonds is 10. The monoisotopic (exact) mass is 553 g/mol. The molecule has 5 N–H and O–H groups in total. The van der Waals surface area contributed by atoms with Crippen molar-refractivity contribution in [3.05, 3.63) is 90.1 Å².